The molecule has 216 valence electrons. The number of benzene rings is 4. The third-order valence-electron chi connectivity index (χ3n) is 6.71. The standard InChI is InChI=1S/C35H32N4O3S/c1-22-16-23(2)18-28(17-22)38-33(40)24(3)43-29-13-9-12-27(20-29)37-35(42)32(39-34(41)25-10-5-4-6-11-25)19-26-21-36-31-15-8-7-14-30(26)31/h4-21,24,36H,1-3H3,(H,37,42)(H,38,40)(H,39,41)/b32-19-. The van der Waals surface area contributed by atoms with Gasteiger partial charge in [0.15, 0.2) is 0 Å². The highest BCUT2D eigenvalue weighted by Gasteiger charge is 2.18. The van der Waals surface area contributed by atoms with E-state index in [-0.39, 0.29) is 16.9 Å². The second-order valence-corrected chi connectivity index (χ2v) is 11.7. The summed E-state index contributed by atoms with van der Waals surface area (Å²) in [6.45, 7) is 5.83. The second kappa shape index (κ2) is 13.3. The van der Waals surface area contributed by atoms with Crippen molar-refractivity contribution < 1.29 is 14.4 Å². The lowest BCUT2D eigenvalue weighted by molar-refractivity contribution is -0.115. The van der Waals surface area contributed by atoms with Crippen LogP contribution in [0.2, 0.25) is 0 Å². The first-order chi connectivity index (χ1) is 20.7. The van der Waals surface area contributed by atoms with Crippen LogP contribution in [0.5, 0.6) is 0 Å². The van der Waals surface area contributed by atoms with E-state index >= 15 is 0 Å². The molecule has 0 radical (unpaired) electrons. The summed E-state index contributed by atoms with van der Waals surface area (Å²) in [5.74, 6) is -0.982. The maximum Gasteiger partial charge on any atom is 0.272 e. The van der Waals surface area contributed by atoms with Crippen LogP contribution in [0.15, 0.2) is 114 Å². The Bertz CT molecular complexity index is 1810. The number of aromatic nitrogens is 1. The molecule has 0 spiro atoms. The molecule has 0 saturated carbocycles. The van der Waals surface area contributed by atoms with Gasteiger partial charge in [0.05, 0.1) is 5.25 Å². The number of hydrogen-bond acceptors (Lipinski definition) is 4. The van der Waals surface area contributed by atoms with Crippen molar-refractivity contribution in [3.05, 3.63) is 131 Å². The van der Waals surface area contributed by atoms with E-state index in [0.29, 0.717) is 11.3 Å². The van der Waals surface area contributed by atoms with Gasteiger partial charge in [-0.05, 0) is 86.5 Å². The van der Waals surface area contributed by atoms with Crippen molar-refractivity contribution in [2.45, 2.75) is 30.9 Å². The van der Waals surface area contributed by atoms with Crippen LogP contribution in [0, 0.1) is 13.8 Å². The number of anilines is 2. The Morgan fingerprint density at radius 1 is 0.791 bits per heavy atom. The van der Waals surface area contributed by atoms with Crippen molar-refractivity contribution in [1.82, 2.24) is 10.3 Å². The molecular weight excluding hydrogens is 556 g/mol. The van der Waals surface area contributed by atoms with Crippen molar-refractivity contribution in [2.24, 2.45) is 0 Å². The molecule has 0 aliphatic rings. The van der Waals surface area contributed by atoms with Gasteiger partial charge in [0.25, 0.3) is 11.8 Å². The minimum Gasteiger partial charge on any atom is -0.361 e. The number of hydrogen-bond donors (Lipinski definition) is 4. The topological polar surface area (TPSA) is 103 Å². The lowest BCUT2D eigenvalue weighted by Gasteiger charge is -2.14. The number of nitrogens with one attached hydrogen (secondary N) is 4. The number of thioether (sulfide) groups is 1. The summed E-state index contributed by atoms with van der Waals surface area (Å²) >= 11 is 1.39. The van der Waals surface area contributed by atoms with Crippen molar-refractivity contribution in [3.63, 3.8) is 0 Å². The molecule has 5 rings (SSSR count). The molecule has 1 aromatic heterocycles. The Hall–Kier alpha value is -5.08. The molecule has 1 unspecified atom stereocenters. The Balaban J connectivity index is 1.33. The van der Waals surface area contributed by atoms with E-state index in [2.05, 4.69) is 27.0 Å². The Morgan fingerprint density at radius 3 is 2.28 bits per heavy atom. The van der Waals surface area contributed by atoms with E-state index < -0.39 is 11.8 Å². The largest absolute Gasteiger partial charge is 0.361 e. The van der Waals surface area contributed by atoms with Crippen LogP contribution in [0.1, 0.15) is 34.0 Å². The van der Waals surface area contributed by atoms with Gasteiger partial charge >= 0.3 is 0 Å². The first-order valence-electron chi connectivity index (χ1n) is 13.9. The van der Waals surface area contributed by atoms with Crippen molar-refractivity contribution in [2.75, 3.05) is 10.6 Å². The van der Waals surface area contributed by atoms with Crippen molar-refractivity contribution >= 4 is 57.8 Å². The Kier molecular flexibility index (Phi) is 9.08. The molecule has 3 amide bonds. The molecule has 4 N–H and O–H groups in total. The average molecular weight is 589 g/mol. The molecule has 0 saturated heterocycles. The van der Waals surface area contributed by atoms with Gasteiger partial charge in [-0.15, -0.1) is 11.8 Å². The summed E-state index contributed by atoms with van der Waals surface area (Å²) in [7, 11) is 0. The van der Waals surface area contributed by atoms with E-state index in [4.69, 9.17) is 0 Å². The maximum atomic E-state index is 13.6. The zero-order valence-electron chi connectivity index (χ0n) is 24.1. The predicted molar refractivity (Wildman–Crippen MR) is 175 cm³/mol. The number of fused-ring (bicyclic) bond motifs is 1. The highest BCUT2D eigenvalue weighted by atomic mass is 32.2. The number of para-hydroxylation sites is 1. The number of aromatic amines is 1. The molecule has 7 nitrogen and oxygen atoms in total. The molecule has 0 bridgehead atoms. The van der Waals surface area contributed by atoms with Crippen LogP contribution < -0.4 is 16.0 Å². The monoisotopic (exact) mass is 588 g/mol. The molecule has 0 fully saturated rings. The number of carbonyl (C=O) groups excluding carboxylic acids is 3. The van der Waals surface area contributed by atoms with Crippen LogP contribution >= 0.6 is 11.8 Å². The van der Waals surface area contributed by atoms with E-state index in [0.717, 1.165) is 38.2 Å². The van der Waals surface area contributed by atoms with Gasteiger partial charge in [0, 0.05) is 44.5 Å². The molecule has 0 aliphatic carbocycles. The van der Waals surface area contributed by atoms with Crippen LogP contribution in [-0.4, -0.2) is 28.0 Å². The zero-order valence-corrected chi connectivity index (χ0v) is 24.9. The summed E-state index contributed by atoms with van der Waals surface area (Å²) in [5, 5.41) is 9.23. The minimum absolute atomic E-state index is 0.0952. The van der Waals surface area contributed by atoms with E-state index in [9.17, 15) is 14.4 Å². The molecule has 5 aromatic rings. The lowest BCUT2D eigenvalue weighted by atomic mass is 10.1. The predicted octanol–water partition coefficient (Wildman–Crippen LogP) is 7.31. The van der Waals surface area contributed by atoms with Crippen molar-refractivity contribution in [3.8, 4) is 0 Å². The van der Waals surface area contributed by atoms with Gasteiger partial charge in [-0.3, -0.25) is 14.4 Å². The van der Waals surface area contributed by atoms with Gasteiger partial charge < -0.3 is 20.9 Å². The fourth-order valence-electron chi connectivity index (χ4n) is 4.71. The molecule has 0 aliphatic heterocycles. The van der Waals surface area contributed by atoms with E-state index in [1.807, 2.05) is 81.4 Å². The lowest BCUT2D eigenvalue weighted by Crippen LogP contribution is -2.30. The SMILES string of the molecule is Cc1cc(C)cc(NC(=O)C(C)Sc2cccc(NC(=O)/C(=C/c3c[nH]c4ccccc34)NC(=O)c3ccccc3)c2)c1. The number of carbonyl (C=O) groups is 3. The highest BCUT2D eigenvalue weighted by molar-refractivity contribution is 8.00. The number of H-pyrrole nitrogens is 1. The van der Waals surface area contributed by atoms with Gasteiger partial charge in [-0.25, -0.2) is 0 Å². The number of aryl methyl sites for hydroxylation is 2. The van der Waals surface area contributed by atoms with E-state index in [1.165, 1.54) is 11.8 Å². The molecule has 8 heteroatoms. The highest BCUT2D eigenvalue weighted by Crippen LogP contribution is 2.27. The molecule has 1 heterocycles. The van der Waals surface area contributed by atoms with Crippen LogP contribution in [0.4, 0.5) is 11.4 Å². The first kappa shape index (κ1) is 29.4. The molecule has 4 aromatic carbocycles. The Morgan fingerprint density at radius 2 is 1.51 bits per heavy atom. The quantitative estimate of drug-likeness (QED) is 0.107. The fraction of sp³-hybridized carbons (Fsp3) is 0.114. The molecular formula is C35H32N4O3S. The summed E-state index contributed by atoms with van der Waals surface area (Å²) < 4.78 is 0. The van der Waals surface area contributed by atoms with Gasteiger partial charge in [-0.2, -0.15) is 0 Å². The third-order valence-corrected chi connectivity index (χ3v) is 7.81. The summed E-state index contributed by atoms with van der Waals surface area (Å²) in [5.41, 5.74) is 5.68. The third kappa shape index (κ3) is 7.61. The molecule has 1 atom stereocenters. The maximum absolute atomic E-state index is 13.6. The zero-order chi connectivity index (χ0) is 30.3. The fourth-order valence-corrected chi connectivity index (χ4v) is 5.63. The van der Waals surface area contributed by atoms with Crippen molar-refractivity contribution in [1.29, 1.82) is 0 Å². The average Bonchev–Trinajstić information content (AvgIpc) is 3.39. The smallest absolute Gasteiger partial charge is 0.272 e. The van der Waals surface area contributed by atoms with Gasteiger partial charge in [-0.1, -0.05) is 48.5 Å². The van der Waals surface area contributed by atoms with Crippen LogP contribution in [-0.2, 0) is 9.59 Å². The normalized spacial score (nSPS) is 12.0. The number of rotatable bonds is 9. The minimum atomic E-state index is -0.475. The summed E-state index contributed by atoms with van der Waals surface area (Å²) in [6, 6.07) is 29.7. The number of amides is 3. The van der Waals surface area contributed by atoms with Gasteiger partial charge in [0.2, 0.25) is 5.91 Å². The summed E-state index contributed by atoms with van der Waals surface area (Å²) in [4.78, 5) is 43.5. The second-order valence-electron chi connectivity index (χ2n) is 10.3. The first-order valence-corrected chi connectivity index (χ1v) is 14.7. The summed E-state index contributed by atoms with van der Waals surface area (Å²) in [6.07, 6.45) is 3.46. The van der Waals surface area contributed by atoms with Crippen LogP contribution in [0.25, 0.3) is 17.0 Å². The van der Waals surface area contributed by atoms with Gasteiger partial charge in [0.1, 0.15) is 5.70 Å². The Labute approximate surface area is 254 Å². The van der Waals surface area contributed by atoms with Crippen LogP contribution in [0.3, 0.4) is 0 Å². The van der Waals surface area contributed by atoms with E-state index in [1.54, 1.807) is 42.6 Å². The molecule has 43 heavy (non-hydrogen) atoms.